The summed E-state index contributed by atoms with van der Waals surface area (Å²) in [4.78, 5) is 25.0. The SMILES string of the molecule is CCCC(=O)c1ccc(C2CCN(C(=O)OC)CC2)cc1. The fraction of sp³-hybridized carbons (Fsp3) is 0.529. The minimum Gasteiger partial charge on any atom is -0.453 e. The van der Waals surface area contributed by atoms with Crippen LogP contribution < -0.4 is 0 Å². The van der Waals surface area contributed by atoms with Crippen molar-refractivity contribution in [2.45, 2.75) is 38.5 Å². The van der Waals surface area contributed by atoms with E-state index in [2.05, 4.69) is 12.1 Å². The first-order valence-electron chi connectivity index (χ1n) is 7.61. The molecule has 1 amide bonds. The van der Waals surface area contributed by atoms with Gasteiger partial charge < -0.3 is 9.64 Å². The molecule has 1 aliphatic rings. The number of likely N-dealkylation sites (tertiary alicyclic amines) is 1. The van der Waals surface area contributed by atoms with Crippen molar-refractivity contribution >= 4 is 11.9 Å². The number of piperidine rings is 1. The molecule has 0 unspecified atom stereocenters. The van der Waals surface area contributed by atoms with Crippen molar-refractivity contribution in [2.24, 2.45) is 0 Å². The Bertz CT molecular complexity index is 487. The number of nitrogens with zero attached hydrogens (tertiary/aromatic N) is 1. The molecule has 0 aromatic heterocycles. The molecule has 0 saturated carbocycles. The van der Waals surface area contributed by atoms with Gasteiger partial charge in [0.2, 0.25) is 0 Å². The van der Waals surface area contributed by atoms with Crippen molar-refractivity contribution in [3.8, 4) is 0 Å². The van der Waals surface area contributed by atoms with Gasteiger partial charge in [-0.2, -0.15) is 0 Å². The van der Waals surface area contributed by atoms with Crippen LogP contribution in [0.25, 0.3) is 0 Å². The zero-order valence-corrected chi connectivity index (χ0v) is 12.8. The van der Waals surface area contributed by atoms with Crippen LogP contribution in [0, 0.1) is 0 Å². The molecule has 0 spiro atoms. The molecule has 21 heavy (non-hydrogen) atoms. The van der Waals surface area contributed by atoms with E-state index in [4.69, 9.17) is 4.74 Å². The van der Waals surface area contributed by atoms with Crippen LogP contribution in [0.2, 0.25) is 0 Å². The molecular formula is C17H23NO3. The number of Topliss-reactive ketones (excluding diaryl/α,β-unsaturated/α-hetero) is 1. The molecular weight excluding hydrogens is 266 g/mol. The number of benzene rings is 1. The van der Waals surface area contributed by atoms with Crippen LogP contribution in [0.3, 0.4) is 0 Å². The summed E-state index contributed by atoms with van der Waals surface area (Å²) in [5.41, 5.74) is 2.06. The fourth-order valence-corrected chi connectivity index (χ4v) is 2.84. The number of hydrogen-bond acceptors (Lipinski definition) is 3. The average Bonchev–Trinajstić information content (AvgIpc) is 2.54. The van der Waals surface area contributed by atoms with Gasteiger partial charge in [0.05, 0.1) is 7.11 Å². The van der Waals surface area contributed by atoms with E-state index >= 15 is 0 Å². The molecule has 2 rings (SSSR count). The van der Waals surface area contributed by atoms with E-state index in [0.717, 1.165) is 37.9 Å². The summed E-state index contributed by atoms with van der Waals surface area (Å²) in [6.07, 6.45) is 3.13. The molecule has 1 fully saturated rings. The molecule has 0 N–H and O–H groups in total. The van der Waals surface area contributed by atoms with E-state index in [1.807, 2.05) is 19.1 Å². The largest absolute Gasteiger partial charge is 0.453 e. The van der Waals surface area contributed by atoms with Gasteiger partial charge in [-0.3, -0.25) is 4.79 Å². The molecule has 1 heterocycles. The number of methoxy groups -OCH3 is 1. The van der Waals surface area contributed by atoms with Crippen molar-refractivity contribution in [3.05, 3.63) is 35.4 Å². The predicted molar refractivity (Wildman–Crippen MR) is 81.6 cm³/mol. The molecule has 0 aliphatic carbocycles. The summed E-state index contributed by atoms with van der Waals surface area (Å²) in [6, 6.07) is 7.97. The van der Waals surface area contributed by atoms with E-state index in [-0.39, 0.29) is 11.9 Å². The van der Waals surface area contributed by atoms with Crippen molar-refractivity contribution < 1.29 is 14.3 Å². The van der Waals surface area contributed by atoms with Gasteiger partial charge >= 0.3 is 6.09 Å². The highest BCUT2D eigenvalue weighted by atomic mass is 16.5. The van der Waals surface area contributed by atoms with Crippen LogP contribution in [0.5, 0.6) is 0 Å². The summed E-state index contributed by atoms with van der Waals surface area (Å²) in [5.74, 6) is 0.672. The zero-order valence-electron chi connectivity index (χ0n) is 12.8. The van der Waals surface area contributed by atoms with Crippen molar-refractivity contribution in [3.63, 3.8) is 0 Å². The molecule has 1 saturated heterocycles. The second-order valence-corrected chi connectivity index (χ2v) is 5.53. The van der Waals surface area contributed by atoms with Gasteiger partial charge in [0.1, 0.15) is 0 Å². The zero-order chi connectivity index (χ0) is 15.2. The molecule has 0 atom stereocenters. The predicted octanol–water partition coefficient (Wildman–Crippen LogP) is 3.62. The summed E-state index contributed by atoms with van der Waals surface area (Å²) in [7, 11) is 1.42. The Kier molecular flexibility index (Phi) is 5.37. The normalized spacial score (nSPS) is 15.8. The van der Waals surface area contributed by atoms with E-state index in [1.165, 1.54) is 12.7 Å². The standard InChI is InChI=1S/C17H23NO3/c1-3-4-16(19)15-7-5-13(6-8-15)14-9-11-18(12-10-14)17(20)21-2/h5-8,14H,3-4,9-12H2,1-2H3. The summed E-state index contributed by atoms with van der Waals surface area (Å²) >= 11 is 0. The first-order chi connectivity index (χ1) is 10.2. The summed E-state index contributed by atoms with van der Waals surface area (Å²) in [6.45, 7) is 3.48. The molecule has 1 aromatic rings. The fourth-order valence-electron chi connectivity index (χ4n) is 2.84. The molecule has 1 aromatic carbocycles. The van der Waals surface area contributed by atoms with Gasteiger partial charge in [0.15, 0.2) is 5.78 Å². The number of amides is 1. The number of hydrogen-bond donors (Lipinski definition) is 0. The molecule has 0 radical (unpaired) electrons. The Morgan fingerprint density at radius 3 is 2.33 bits per heavy atom. The molecule has 114 valence electrons. The monoisotopic (exact) mass is 289 g/mol. The average molecular weight is 289 g/mol. The topological polar surface area (TPSA) is 46.6 Å². The third-order valence-corrected chi connectivity index (χ3v) is 4.11. The maximum atomic E-state index is 11.8. The van der Waals surface area contributed by atoms with E-state index in [1.54, 1.807) is 4.90 Å². The highest BCUT2D eigenvalue weighted by Crippen LogP contribution is 2.28. The van der Waals surface area contributed by atoms with E-state index < -0.39 is 0 Å². The Morgan fingerprint density at radius 2 is 1.81 bits per heavy atom. The van der Waals surface area contributed by atoms with Gasteiger partial charge in [0, 0.05) is 25.1 Å². The lowest BCUT2D eigenvalue weighted by Gasteiger charge is -2.31. The Hall–Kier alpha value is -1.84. The van der Waals surface area contributed by atoms with Crippen LogP contribution in [0.4, 0.5) is 4.79 Å². The van der Waals surface area contributed by atoms with Crippen LogP contribution in [-0.2, 0) is 4.74 Å². The quantitative estimate of drug-likeness (QED) is 0.795. The maximum absolute atomic E-state index is 11.8. The number of carbonyl (C=O) groups is 2. The van der Waals surface area contributed by atoms with Crippen LogP contribution in [0.1, 0.15) is 54.4 Å². The highest BCUT2D eigenvalue weighted by molar-refractivity contribution is 5.96. The first-order valence-corrected chi connectivity index (χ1v) is 7.61. The minimum absolute atomic E-state index is 0.213. The first kappa shape index (κ1) is 15.5. The second-order valence-electron chi connectivity index (χ2n) is 5.53. The van der Waals surface area contributed by atoms with Gasteiger partial charge in [-0.05, 0) is 30.7 Å². The third kappa shape index (κ3) is 3.84. The van der Waals surface area contributed by atoms with Gasteiger partial charge in [0.25, 0.3) is 0 Å². The Morgan fingerprint density at radius 1 is 1.19 bits per heavy atom. The van der Waals surface area contributed by atoms with Crippen molar-refractivity contribution in [2.75, 3.05) is 20.2 Å². The van der Waals surface area contributed by atoms with Gasteiger partial charge in [-0.25, -0.2) is 4.79 Å². The molecule has 1 aliphatic heterocycles. The minimum atomic E-state index is -0.242. The van der Waals surface area contributed by atoms with E-state index in [9.17, 15) is 9.59 Å². The van der Waals surface area contributed by atoms with Crippen LogP contribution in [-0.4, -0.2) is 37.0 Å². The van der Waals surface area contributed by atoms with Crippen molar-refractivity contribution in [1.29, 1.82) is 0 Å². The Balaban J connectivity index is 1.95. The van der Waals surface area contributed by atoms with Crippen LogP contribution in [0.15, 0.2) is 24.3 Å². The number of ketones is 1. The molecule has 4 nitrogen and oxygen atoms in total. The summed E-state index contributed by atoms with van der Waals surface area (Å²) < 4.78 is 4.75. The van der Waals surface area contributed by atoms with Gasteiger partial charge in [-0.1, -0.05) is 31.2 Å². The lowest BCUT2D eigenvalue weighted by atomic mass is 9.89. The lowest BCUT2D eigenvalue weighted by molar-refractivity contribution is 0.0981. The smallest absolute Gasteiger partial charge is 0.409 e. The second kappa shape index (κ2) is 7.25. The number of carbonyl (C=O) groups excluding carboxylic acids is 2. The number of ether oxygens (including phenoxy) is 1. The Labute approximate surface area is 126 Å². The maximum Gasteiger partial charge on any atom is 0.409 e. The molecule has 4 heteroatoms. The number of rotatable bonds is 4. The third-order valence-electron chi connectivity index (χ3n) is 4.11. The summed E-state index contributed by atoms with van der Waals surface area (Å²) in [5, 5.41) is 0. The van der Waals surface area contributed by atoms with Crippen molar-refractivity contribution in [1.82, 2.24) is 4.90 Å². The highest BCUT2D eigenvalue weighted by Gasteiger charge is 2.24. The molecule has 0 bridgehead atoms. The van der Waals surface area contributed by atoms with Crippen LogP contribution >= 0.6 is 0 Å². The lowest BCUT2D eigenvalue weighted by Crippen LogP contribution is -2.37. The van der Waals surface area contributed by atoms with E-state index in [0.29, 0.717) is 12.3 Å². The van der Waals surface area contributed by atoms with Gasteiger partial charge in [-0.15, -0.1) is 0 Å².